The Bertz CT molecular complexity index is 1610. The van der Waals surface area contributed by atoms with E-state index < -0.39 is 83.5 Å². The van der Waals surface area contributed by atoms with Crippen molar-refractivity contribution in [1.29, 1.82) is 0 Å². The van der Waals surface area contributed by atoms with E-state index in [4.69, 9.17) is 23.7 Å². The number of ketones is 3. The summed E-state index contributed by atoms with van der Waals surface area (Å²) in [6, 6.07) is 4.36. The lowest BCUT2D eigenvalue weighted by Gasteiger charge is -2.43. The normalized spacial score (nSPS) is 33.9. The number of ether oxygens (including phenoxy) is 5. The van der Waals surface area contributed by atoms with E-state index in [0.29, 0.717) is 19.6 Å². The highest BCUT2D eigenvalue weighted by Gasteiger charge is 2.54. The number of hydrogen-bond donors (Lipinski definition) is 4. The maximum atomic E-state index is 13.9. The number of fused-ring (bicyclic) bond motifs is 6. The maximum absolute atomic E-state index is 13.9. The summed E-state index contributed by atoms with van der Waals surface area (Å²) >= 11 is 0. The van der Waals surface area contributed by atoms with E-state index in [1.807, 2.05) is 13.8 Å². The van der Waals surface area contributed by atoms with Gasteiger partial charge in [0.25, 0.3) is 0 Å². The summed E-state index contributed by atoms with van der Waals surface area (Å²) < 4.78 is 30.0. The summed E-state index contributed by atoms with van der Waals surface area (Å²) in [4.78, 5) is 42.6. The van der Waals surface area contributed by atoms with Gasteiger partial charge >= 0.3 is 0 Å². The highest BCUT2D eigenvalue weighted by molar-refractivity contribution is 6.31. The summed E-state index contributed by atoms with van der Waals surface area (Å²) in [5.74, 6) is -3.54. The van der Waals surface area contributed by atoms with Gasteiger partial charge in [-0.05, 0) is 19.9 Å². The van der Waals surface area contributed by atoms with Crippen molar-refractivity contribution in [3.05, 3.63) is 51.6 Å². The van der Waals surface area contributed by atoms with Gasteiger partial charge in [-0.15, -0.1) is 0 Å². The molecule has 0 amide bonds. The predicted octanol–water partition coefficient (Wildman–Crippen LogP) is 1.13. The number of morpholine rings is 1. The van der Waals surface area contributed by atoms with Crippen LogP contribution in [-0.4, -0.2) is 112 Å². The van der Waals surface area contributed by atoms with E-state index in [-0.39, 0.29) is 52.5 Å². The SMILES string of the molecule is COc1cccc2c1C(=O)c1c(O)c3c(c(O)c1C2=O)C[C@@](O)(C(=O)CO)C[C@@H]3O[C@H]1C[C@H]2[C@H](O[C@@H]3[C@@H](C)OCCN32)[C@H](C)O1. The van der Waals surface area contributed by atoms with E-state index >= 15 is 0 Å². The highest BCUT2D eigenvalue weighted by atomic mass is 16.7. The third kappa shape index (κ3) is 4.44. The first kappa shape index (κ1) is 30.2. The predicted molar refractivity (Wildman–Crippen MR) is 152 cm³/mol. The average molecular weight is 626 g/mol. The van der Waals surface area contributed by atoms with Crippen molar-refractivity contribution in [2.45, 2.75) is 81.7 Å². The lowest BCUT2D eigenvalue weighted by Crippen LogP contribution is -2.54. The number of carbonyl (C=O) groups is 3. The Kier molecular flexibility index (Phi) is 7.28. The summed E-state index contributed by atoms with van der Waals surface area (Å²) in [7, 11) is 1.35. The second-order valence-corrected chi connectivity index (χ2v) is 12.4. The molecule has 4 N–H and O–H groups in total. The van der Waals surface area contributed by atoms with E-state index in [1.54, 1.807) is 0 Å². The molecule has 13 heteroatoms. The van der Waals surface area contributed by atoms with E-state index in [1.165, 1.54) is 25.3 Å². The second kappa shape index (κ2) is 10.8. The number of phenols is 2. The summed E-state index contributed by atoms with van der Waals surface area (Å²) in [6.07, 6.45) is -3.85. The van der Waals surface area contributed by atoms with E-state index in [0.717, 1.165) is 0 Å². The number of rotatable bonds is 5. The molecule has 0 unspecified atom stereocenters. The molecule has 2 aliphatic carbocycles. The molecule has 2 aromatic rings. The van der Waals surface area contributed by atoms with Crippen LogP contribution in [0.1, 0.15) is 75.8 Å². The Balaban J connectivity index is 1.31. The molecule has 240 valence electrons. The number of methoxy groups -OCH3 is 1. The third-order valence-electron chi connectivity index (χ3n) is 9.88. The van der Waals surface area contributed by atoms with Gasteiger partial charge in [-0.1, -0.05) is 12.1 Å². The van der Waals surface area contributed by atoms with Gasteiger partial charge in [0.2, 0.25) is 5.78 Å². The van der Waals surface area contributed by atoms with Gasteiger partial charge in [0.1, 0.15) is 41.8 Å². The largest absolute Gasteiger partial charge is 0.507 e. The van der Waals surface area contributed by atoms with Crippen molar-refractivity contribution in [3.63, 3.8) is 0 Å². The molecule has 3 aliphatic heterocycles. The van der Waals surface area contributed by atoms with Gasteiger partial charge in [-0.25, -0.2) is 0 Å². The molecule has 8 atom stereocenters. The summed E-state index contributed by atoms with van der Waals surface area (Å²) in [6.45, 7) is 3.99. The minimum atomic E-state index is -2.21. The number of aliphatic hydroxyl groups is 2. The number of aliphatic hydroxyl groups excluding tert-OH is 1. The molecule has 2 aromatic carbocycles. The van der Waals surface area contributed by atoms with Crippen molar-refractivity contribution < 1.29 is 58.5 Å². The van der Waals surface area contributed by atoms with Crippen molar-refractivity contribution in [2.75, 3.05) is 26.9 Å². The smallest absolute Gasteiger partial charge is 0.202 e. The van der Waals surface area contributed by atoms with Crippen LogP contribution in [0.2, 0.25) is 0 Å². The zero-order valence-electron chi connectivity index (χ0n) is 25.0. The van der Waals surface area contributed by atoms with Crippen LogP contribution in [0, 0.1) is 0 Å². The standard InChI is InChI=1S/C32H35NO12/c1-13-30-17(33-7-8-42-14(2)31(33)45-30)9-21(43-13)44-19-11-32(40,20(35)12-34)10-16-23(19)29(39)25-24(27(16)37)26(36)15-5-4-6-18(41-3)22(15)28(25)38/h4-6,13-14,17,19,21,30-31,34,37,39-40H,7-12H2,1-3H3/t13-,14+,17-,19-,21-,30+,31+,32-/m0/s1. The van der Waals surface area contributed by atoms with Crippen LogP contribution in [0.3, 0.4) is 0 Å². The minimum absolute atomic E-state index is 0.0273. The lowest BCUT2D eigenvalue weighted by atomic mass is 9.72. The van der Waals surface area contributed by atoms with Crippen molar-refractivity contribution >= 4 is 17.3 Å². The van der Waals surface area contributed by atoms with Crippen molar-refractivity contribution in [2.24, 2.45) is 0 Å². The van der Waals surface area contributed by atoms with Crippen LogP contribution in [0.25, 0.3) is 0 Å². The Morgan fingerprint density at radius 1 is 1.07 bits per heavy atom. The summed E-state index contributed by atoms with van der Waals surface area (Å²) in [5, 5.41) is 44.5. The Labute approximate surface area is 258 Å². The third-order valence-corrected chi connectivity index (χ3v) is 9.88. The first-order chi connectivity index (χ1) is 21.5. The minimum Gasteiger partial charge on any atom is -0.507 e. The molecule has 5 aliphatic rings. The maximum Gasteiger partial charge on any atom is 0.202 e. The Morgan fingerprint density at radius 2 is 1.82 bits per heavy atom. The zero-order chi connectivity index (χ0) is 31.9. The second-order valence-electron chi connectivity index (χ2n) is 12.4. The number of hydrogen-bond acceptors (Lipinski definition) is 13. The first-order valence-corrected chi connectivity index (χ1v) is 15.1. The van der Waals surface area contributed by atoms with Gasteiger partial charge < -0.3 is 44.1 Å². The molecule has 7 rings (SSSR count). The molecule has 3 heterocycles. The fourth-order valence-corrected chi connectivity index (χ4v) is 7.73. The highest BCUT2D eigenvalue weighted by Crippen LogP contribution is 2.53. The van der Waals surface area contributed by atoms with E-state index in [9.17, 15) is 34.8 Å². The first-order valence-electron chi connectivity index (χ1n) is 15.1. The molecule has 3 saturated heterocycles. The molecule has 0 radical (unpaired) electrons. The van der Waals surface area contributed by atoms with Gasteiger partial charge in [0, 0.05) is 48.5 Å². The lowest BCUT2D eigenvalue weighted by molar-refractivity contribution is -0.247. The fraction of sp³-hybridized carbons (Fsp3) is 0.531. The summed E-state index contributed by atoms with van der Waals surface area (Å²) in [5.41, 5.74) is -3.34. The molecule has 0 aromatic heterocycles. The molecule has 13 nitrogen and oxygen atoms in total. The molecular weight excluding hydrogens is 590 g/mol. The Morgan fingerprint density at radius 3 is 2.56 bits per heavy atom. The number of nitrogens with zero attached hydrogens (tertiary/aromatic N) is 1. The van der Waals surface area contributed by atoms with Crippen LogP contribution in [0.5, 0.6) is 17.2 Å². The molecule has 0 spiro atoms. The topological polar surface area (TPSA) is 182 Å². The molecule has 3 fully saturated rings. The molecule has 0 saturated carbocycles. The quantitative estimate of drug-likeness (QED) is 0.297. The zero-order valence-corrected chi connectivity index (χ0v) is 25.0. The number of aromatic hydroxyl groups is 2. The molecule has 0 bridgehead atoms. The van der Waals surface area contributed by atoms with Gasteiger partial charge in [0.05, 0.1) is 48.7 Å². The fourth-order valence-electron chi connectivity index (χ4n) is 7.73. The van der Waals surface area contributed by atoms with Gasteiger partial charge in [-0.3, -0.25) is 19.3 Å². The van der Waals surface area contributed by atoms with Crippen LogP contribution in [-0.2, 0) is 30.2 Å². The van der Waals surface area contributed by atoms with Crippen LogP contribution in [0.15, 0.2) is 18.2 Å². The van der Waals surface area contributed by atoms with Gasteiger partial charge in [0.15, 0.2) is 17.9 Å². The van der Waals surface area contributed by atoms with Crippen LogP contribution < -0.4 is 4.74 Å². The number of carbonyl (C=O) groups excluding carboxylic acids is 3. The molecular formula is C32H35NO12. The number of benzene rings is 2. The Hall–Kier alpha value is -3.43. The number of Topliss-reactive ketones (excluding diaryl/α,β-unsaturated/α-hetero) is 1. The van der Waals surface area contributed by atoms with Crippen molar-refractivity contribution in [3.8, 4) is 17.2 Å². The van der Waals surface area contributed by atoms with E-state index in [2.05, 4.69) is 4.90 Å². The number of phenolic OH excluding ortho intramolecular Hbond substituents is 2. The van der Waals surface area contributed by atoms with Gasteiger partial charge in [-0.2, -0.15) is 0 Å². The van der Waals surface area contributed by atoms with Crippen LogP contribution >= 0.6 is 0 Å². The monoisotopic (exact) mass is 625 g/mol. The average Bonchev–Trinajstić information content (AvgIpc) is 3.41. The van der Waals surface area contributed by atoms with Crippen LogP contribution in [0.4, 0.5) is 0 Å². The molecule has 45 heavy (non-hydrogen) atoms. The van der Waals surface area contributed by atoms with Crippen molar-refractivity contribution in [1.82, 2.24) is 4.90 Å².